The summed E-state index contributed by atoms with van der Waals surface area (Å²) in [6.07, 6.45) is 7.43. The van der Waals surface area contributed by atoms with Gasteiger partial charge in [0.25, 0.3) is 0 Å². The Balaban J connectivity index is 1.41. The monoisotopic (exact) mass is 358 g/mol. The Hall–Kier alpha value is -2.08. The summed E-state index contributed by atoms with van der Waals surface area (Å²) in [4.78, 5) is 20.7. The molecule has 0 atom stereocenters. The van der Waals surface area contributed by atoms with Gasteiger partial charge in [-0.15, -0.1) is 0 Å². The Labute approximate surface area is 153 Å². The summed E-state index contributed by atoms with van der Waals surface area (Å²) in [7, 11) is 0. The van der Waals surface area contributed by atoms with Crippen LogP contribution in [0.3, 0.4) is 0 Å². The van der Waals surface area contributed by atoms with Gasteiger partial charge in [0.1, 0.15) is 11.6 Å². The fourth-order valence-electron chi connectivity index (χ4n) is 3.48. The average Bonchev–Trinajstić information content (AvgIpc) is 2.70. The lowest BCUT2D eigenvalue weighted by Gasteiger charge is -2.36. The molecule has 2 saturated heterocycles. The van der Waals surface area contributed by atoms with Crippen molar-refractivity contribution in [3.63, 3.8) is 0 Å². The zero-order valence-corrected chi connectivity index (χ0v) is 15.1. The number of piperidine rings is 1. The maximum atomic E-state index is 5.92. The normalized spacial score (nSPS) is 18.5. The lowest BCUT2D eigenvalue weighted by Crippen LogP contribution is -2.47. The first-order valence-corrected chi connectivity index (χ1v) is 9.37. The van der Waals surface area contributed by atoms with Gasteiger partial charge in [0.05, 0.1) is 5.02 Å². The second kappa shape index (κ2) is 7.44. The van der Waals surface area contributed by atoms with Crippen molar-refractivity contribution in [2.24, 2.45) is 0 Å². The van der Waals surface area contributed by atoms with Crippen LogP contribution < -0.4 is 14.7 Å². The molecule has 0 radical (unpaired) electrons. The van der Waals surface area contributed by atoms with Crippen molar-refractivity contribution in [1.29, 1.82) is 0 Å². The minimum atomic E-state index is 0.672. The number of halogens is 1. The summed E-state index contributed by atoms with van der Waals surface area (Å²) >= 11 is 5.92. The SMILES string of the molecule is Clc1ccc(N2CCN(c3nccc(N4CCCCC4)n3)CC2)nc1. The molecule has 0 aromatic carbocycles. The Kier molecular flexibility index (Phi) is 4.88. The highest BCUT2D eigenvalue weighted by atomic mass is 35.5. The molecule has 4 heterocycles. The highest BCUT2D eigenvalue weighted by Gasteiger charge is 2.21. The van der Waals surface area contributed by atoms with Crippen LogP contribution in [-0.2, 0) is 0 Å². The van der Waals surface area contributed by atoms with E-state index in [4.69, 9.17) is 16.6 Å². The topological polar surface area (TPSA) is 48.4 Å². The van der Waals surface area contributed by atoms with Gasteiger partial charge >= 0.3 is 0 Å². The van der Waals surface area contributed by atoms with Gasteiger partial charge in [0.2, 0.25) is 5.95 Å². The maximum Gasteiger partial charge on any atom is 0.227 e. The van der Waals surface area contributed by atoms with Crippen molar-refractivity contribution in [3.05, 3.63) is 35.6 Å². The summed E-state index contributed by atoms with van der Waals surface area (Å²) in [5.74, 6) is 2.88. The van der Waals surface area contributed by atoms with Gasteiger partial charge in [-0.25, -0.2) is 9.97 Å². The van der Waals surface area contributed by atoms with E-state index in [2.05, 4.69) is 24.7 Å². The van der Waals surface area contributed by atoms with Crippen molar-refractivity contribution in [3.8, 4) is 0 Å². The van der Waals surface area contributed by atoms with Gasteiger partial charge in [-0.1, -0.05) is 11.6 Å². The Bertz CT molecular complexity index is 693. The van der Waals surface area contributed by atoms with Crippen LogP contribution in [0.4, 0.5) is 17.6 Å². The molecule has 2 fully saturated rings. The molecule has 0 aliphatic carbocycles. The quantitative estimate of drug-likeness (QED) is 0.840. The van der Waals surface area contributed by atoms with Crippen molar-refractivity contribution in [2.75, 3.05) is 54.0 Å². The summed E-state index contributed by atoms with van der Waals surface area (Å²) in [5, 5.41) is 0.672. The Morgan fingerprint density at radius 1 is 0.720 bits per heavy atom. The van der Waals surface area contributed by atoms with E-state index in [0.29, 0.717) is 5.02 Å². The van der Waals surface area contributed by atoms with Gasteiger partial charge in [-0.05, 0) is 37.5 Å². The molecule has 4 rings (SSSR count). The van der Waals surface area contributed by atoms with Gasteiger partial charge in [0, 0.05) is 51.7 Å². The first-order chi connectivity index (χ1) is 12.3. The molecular formula is C18H23ClN6. The van der Waals surface area contributed by atoms with Crippen LogP contribution in [0.2, 0.25) is 5.02 Å². The number of rotatable bonds is 3. The molecule has 7 heteroatoms. The molecule has 2 aromatic rings. The number of anilines is 3. The largest absolute Gasteiger partial charge is 0.356 e. The second-order valence-electron chi connectivity index (χ2n) is 6.57. The summed E-state index contributed by atoms with van der Waals surface area (Å²) < 4.78 is 0. The molecule has 2 aliphatic rings. The van der Waals surface area contributed by atoms with Crippen LogP contribution in [0.15, 0.2) is 30.6 Å². The fraction of sp³-hybridized carbons (Fsp3) is 0.500. The zero-order chi connectivity index (χ0) is 17.1. The van der Waals surface area contributed by atoms with Gasteiger partial charge in [-0.3, -0.25) is 0 Å². The fourth-order valence-corrected chi connectivity index (χ4v) is 3.59. The van der Waals surface area contributed by atoms with Crippen molar-refractivity contribution in [1.82, 2.24) is 15.0 Å². The van der Waals surface area contributed by atoms with E-state index >= 15 is 0 Å². The summed E-state index contributed by atoms with van der Waals surface area (Å²) in [6.45, 7) is 5.82. The molecule has 2 aromatic heterocycles. The minimum Gasteiger partial charge on any atom is -0.356 e. The standard InChI is InChI=1S/C18H23ClN6/c19-15-4-5-16(21-14-15)24-10-12-25(13-11-24)18-20-7-6-17(22-18)23-8-2-1-3-9-23/h4-7,14H,1-3,8-13H2. The van der Waals surface area contributed by atoms with E-state index in [1.807, 2.05) is 24.4 Å². The third kappa shape index (κ3) is 3.79. The molecule has 0 bridgehead atoms. The number of hydrogen-bond donors (Lipinski definition) is 0. The van der Waals surface area contributed by atoms with Crippen LogP contribution >= 0.6 is 11.6 Å². The van der Waals surface area contributed by atoms with E-state index in [9.17, 15) is 0 Å². The molecular weight excluding hydrogens is 336 g/mol. The number of nitrogens with zero attached hydrogens (tertiary/aromatic N) is 6. The molecule has 0 saturated carbocycles. The van der Waals surface area contributed by atoms with Crippen LogP contribution in [0, 0.1) is 0 Å². The van der Waals surface area contributed by atoms with Gasteiger partial charge < -0.3 is 14.7 Å². The third-order valence-electron chi connectivity index (χ3n) is 4.91. The van der Waals surface area contributed by atoms with Crippen molar-refractivity contribution < 1.29 is 0 Å². The van der Waals surface area contributed by atoms with E-state index in [1.165, 1.54) is 19.3 Å². The molecule has 0 amide bonds. The number of hydrogen-bond acceptors (Lipinski definition) is 6. The summed E-state index contributed by atoms with van der Waals surface area (Å²) in [6, 6.07) is 5.90. The van der Waals surface area contributed by atoms with E-state index in [1.54, 1.807) is 6.20 Å². The van der Waals surface area contributed by atoms with E-state index < -0.39 is 0 Å². The highest BCUT2D eigenvalue weighted by Crippen LogP contribution is 2.21. The Morgan fingerprint density at radius 2 is 1.44 bits per heavy atom. The second-order valence-corrected chi connectivity index (χ2v) is 7.01. The zero-order valence-electron chi connectivity index (χ0n) is 14.3. The minimum absolute atomic E-state index is 0.672. The molecule has 6 nitrogen and oxygen atoms in total. The predicted molar refractivity (Wildman–Crippen MR) is 102 cm³/mol. The number of piperazine rings is 1. The lowest BCUT2D eigenvalue weighted by atomic mass is 10.1. The smallest absolute Gasteiger partial charge is 0.227 e. The molecule has 2 aliphatic heterocycles. The Morgan fingerprint density at radius 3 is 2.16 bits per heavy atom. The van der Waals surface area contributed by atoms with Crippen molar-refractivity contribution >= 4 is 29.2 Å². The first-order valence-electron chi connectivity index (χ1n) is 8.99. The van der Waals surface area contributed by atoms with Gasteiger partial charge in [-0.2, -0.15) is 4.98 Å². The first kappa shape index (κ1) is 16.4. The van der Waals surface area contributed by atoms with Crippen LogP contribution in [-0.4, -0.2) is 54.2 Å². The molecule has 0 N–H and O–H groups in total. The number of pyridine rings is 1. The average molecular weight is 359 g/mol. The molecule has 0 spiro atoms. The lowest BCUT2D eigenvalue weighted by molar-refractivity contribution is 0.571. The van der Waals surface area contributed by atoms with Gasteiger partial charge in [0.15, 0.2) is 0 Å². The molecule has 25 heavy (non-hydrogen) atoms. The van der Waals surface area contributed by atoms with Crippen molar-refractivity contribution in [2.45, 2.75) is 19.3 Å². The summed E-state index contributed by atoms with van der Waals surface area (Å²) in [5.41, 5.74) is 0. The predicted octanol–water partition coefficient (Wildman–Crippen LogP) is 2.84. The van der Waals surface area contributed by atoms with E-state index in [0.717, 1.165) is 56.9 Å². The number of aromatic nitrogens is 3. The van der Waals surface area contributed by atoms with Crippen LogP contribution in [0.25, 0.3) is 0 Å². The molecule has 132 valence electrons. The third-order valence-corrected chi connectivity index (χ3v) is 5.13. The van der Waals surface area contributed by atoms with E-state index in [-0.39, 0.29) is 0 Å². The highest BCUT2D eigenvalue weighted by molar-refractivity contribution is 6.30. The van der Waals surface area contributed by atoms with Crippen LogP contribution in [0.5, 0.6) is 0 Å². The maximum absolute atomic E-state index is 5.92. The van der Waals surface area contributed by atoms with Crippen LogP contribution in [0.1, 0.15) is 19.3 Å². The molecule has 0 unspecified atom stereocenters.